The van der Waals surface area contributed by atoms with Gasteiger partial charge < -0.3 is 10.0 Å². The van der Waals surface area contributed by atoms with E-state index in [2.05, 4.69) is 18.7 Å². The number of rotatable bonds is 4. The zero-order valence-corrected chi connectivity index (χ0v) is 11.0. The zero-order chi connectivity index (χ0) is 12.4. The van der Waals surface area contributed by atoms with Gasteiger partial charge in [-0.1, -0.05) is 20.8 Å². The second-order valence-electron chi connectivity index (χ2n) is 6.16. The molecule has 1 aliphatic rings. The van der Waals surface area contributed by atoms with Gasteiger partial charge >= 0.3 is 5.97 Å². The van der Waals surface area contributed by atoms with E-state index >= 15 is 0 Å². The lowest BCUT2D eigenvalue weighted by Gasteiger charge is -2.40. The highest BCUT2D eigenvalue weighted by Crippen LogP contribution is 2.32. The topological polar surface area (TPSA) is 40.5 Å². The van der Waals surface area contributed by atoms with Crippen molar-refractivity contribution in [2.45, 2.75) is 47.0 Å². The van der Waals surface area contributed by atoms with Crippen molar-refractivity contribution in [1.82, 2.24) is 4.90 Å². The molecule has 1 rings (SSSR count). The summed E-state index contributed by atoms with van der Waals surface area (Å²) in [5.74, 6) is -0.667. The molecule has 0 aromatic carbocycles. The number of nitrogens with zero attached hydrogens (tertiary/aromatic N) is 1. The van der Waals surface area contributed by atoms with Gasteiger partial charge in [0.15, 0.2) is 0 Å². The molecule has 0 amide bonds. The van der Waals surface area contributed by atoms with Gasteiger partial charge in [0, 0.05) is 6.54 Å². The Labute approximate surface area is 98.8 Å². The molecule has 3 heteroatoms. The fourth-order valence-electron chi connectivity index (χ4n) is 2.14. The quantitative estimate of drug-likeness (QED) is 0.802. The fraction of sp³-hybridized carbons (Fsp3) is 0.923. The number of hydrogen-bond acceptors (Lipinski definition) is 2. The number of aliphatic carboxylic acids is 1. The lowest BCUT2D eigenvalue weighted by atomic mass is 9.81. The van der Waals surface area contributed by atoms with Crippen molar-refractivity contribution in [2.75, 3.05) is 19.6 Å². The molecule has 1 fully saturated rings. The van der Waals surface area contributed by atoms with Gasteiger partial charge in [-0.15, -0.1) is 0 Å². The summed E-state index contributed by atoms with van der Waals surface area (Å²) in [6.07, 6.45) is 3.04. The van der Waals surface area contributed by atoms with Gasteiger partial charge in [-0.3, -0.25) is 4.79 Å². The maximum absolute atomic E-state index is 11.2. The highest BCUT2D eigenvalue weighted by molar-refractivity contribution is 5.74. The van der Waals surface area contributed by atoms with E-state index in [1.807, 2.05) is 13.8 Å². The van der Waals surface area contributed by atoms with E-state index in [1.54, 1.807) is 0 Å². The number of hydrogen-bond donors (Lipinski definition) is 1. The Morgan fingerprint density at radius 3 is 2.25 bits per heavy atom. The molecule has 1 saturated heterocycles. The first-order valence-electron chi connectivity index (χ1n) is 6.25. The molecule has 94 valence electrons. The van der Waals surface area contributed by atoms with Crippen LogP contribution < -0.4 is 0 Å². The van der Waals surface area contributed by atoms with E-state index in [4.69, 9.17) is 0 Å². The molecule has 0 aromatic heterocycles. The summed E-state index contributed by atoms with van der Waals surface area (Å²) in [4.78, 5) is 13.5. The van der Waals surface area contributed by atoms with Gasteiger partial charge in [0.05, 0.1) is 5.41 Å². The highest BCUT2D eigenvalue weighted by atomic mass is 16.4. The number of carboxylic acids is 1. The van der Waals surface area contributed by atoms with Crippen molar-refractivity contribution in [3.63, 3.8) is 0 Å². The van der Waals surface area contributed by atoms with Gasteiger partial charge in [0.2, 0.25) is 0 Å². The van der Waals surface area contributed by atoms with Crippen molar-refractivity contribution in [2.24, 2.45) is 10.8 Å². The van der Waals surface area contributed by atoms with Crippen LogP contribution in [0.25, 0.3) is 0 Å². The van der Waals surface area contributed by atoms with Crippen LogP contribution in [0.3, 0.4) is 0 Å². The highest BCUT2D eigenvalue weighted by Gasteiger charge is 2.35. The molecule has 0 radical (unpaired) electrons. The van der Waals surface area contributed by atoms with Crippen LogP contribution in [-0.2, 0) is 4.79 Å². The average molecular weight is 227 g/mol. The van der Waals surface area contributed by atoms with Crippen LogP contribution in [0.4, 0.5) is 0 Å². The molecule has 0 bridgehead atoms. The summed E-state index contributed by atoms with van der Waals surface area (Å²) in [6, 6.07) is 0. The summed E-state index contributed by atoms with van der Waals surface area (Å²) in [7, 11) is 0. The van der Waals surface area contributed by atoms with Crippen molar-refractivity contribution < 1.29 is 9.90 Å². The summed E-state index contributed by atoms with van der Waals surface area (Å²) < 4.78 is 0. The SMILES string of the molecule is CCC(C)(CN1CCC(C)(C)CC1)C(=O)O. The molecule has 0 aromatic rings. The van der Waals surface area contributed by atoms with Crippen LogP contribution >= 0.6 is 0 Å². The van der Waals surface area contributed by atoms with Gasteiger partial charge in [-0.25, -0.2) is 0 Å². The lowest BCUT2D eigenvalue weighted by Crippen LogP contribution is -2.45. The van der Waals surface area contributed by atoms with Crippen LogP contribution in [0, 0.1) is 10.8 Å². The number of carbonyl (C=O) groups is 1. The van der Waals surface area contributed by atoms with E-state index in [0.29, 0.717) is 18.4 Å². The smallest absolute Gasteiger partial charge is 0.310 e. The Bertz CT molecular complexity index is 253. The summed E-state index contributed by atoms with van der Waals surface area (Å²) in [6.45, 7) is 11.2. The summed E-state index contributed by atoms with van der Waals surface area (Å²) >= 11 is 0. The Morgan fingerprint density at radius 2 is 1.88 bits per heavy atom. The van der Waals surface area contributed by atoms with Gasteiger partial charge in [-0.05, 0) is 44.7 Å². The third kappa shape index (κ3) is 3.21. The molecule has 1 heterocycles. The van der Waals surface area contributed by atoms with Crippen LogP contribution in [0.1, 0.15) is 47.0 Å². The van der Waals surface area contributed by atoms with E-state index in [1.165, 1.54) is 12.8 Å². The Kier molecular flexibility index (Phi) is 4.00. The van der Waals surface area contributed by atoms with Crippen LogP contribution in [0.15, 0.2) is 0 Å². The number of piperidine rings is 1. The second-order valence-corrected chi connectivity index (χ2v) is 6.16. The van der Waals surface area contributed by atoms with E-state index < -0.39 is 11.4 Å². The van der Waals surface area contributed by atoms with E-state index in [-0.39, 0.29) is 0 Å². The molecule has 16 heavy (non-hydrogen) atoms. The van der Waals surface area contributed by atoms with Gasteiger partial charge in [-0.2, -0.15) is 0 Å². The molecular weight excluding hydrogens is 202 g/mol. The molecule has 1 aliphatic heterocycles. The summed E-state index contributed by atoms with van der Waals surface area (Å²) in [5, 5.41) is 9.24. The largest absolute Gasteiger partial charge is 0.481 e. The fourth-order valence-corrected chi connectivity index (χ4v) is 2.14. The van der Waals surface area contributed by atoms with Crippen LogP contribution in [0.2, 0.25) is 0 Å². The third-order valence-corrected chi connectivity index (χ3v) is 4.08. The van der Waals surface area contributed by atoms with Crippen molar-refractivity contribution in [3.05, 3.63) is 0 Å². The molecule has 1 unspecified atom stereocenters. The predicted octanol–water partition coefficient (Wildman–Crippen LogP) is 2.61. The maximum Gasteiger partial charge on any atom is 0.310 e. The van der Waals surface area contributed by atoms with Crippen molar-refractivity contribution in [1.29, 1.82) is 0 Å². The Hall–Kier alpha value is -0.570. The average Bonchev–Trinajstić information content (AvgIpc) is 2.21. The Balaban J connectivity index is 2.53. The Morgan fingerprint density at radius 1 is 1.38 bits per heavy atom. The predicted molar refractivity (Wildman–Crippen MR) is 65.5 cm³/mol. The minimum atomic E-state index is -0.667. The molecule has 0 spiro atoms. The minimum absolute atomic E-state index is 0.433. The first-order valence-corrected chi connectivity index (χ1v) is 6.25. The van der Waals surface area contributed by atoms with Crippen LogP contribution in [0.5, 0.6) is 0 Å². The third-order valence-electron chi connectivity index (χ3n) is 4.08. The van der Waals surface area contributed by atoms with Crippen LogP contribution in [-0.4, -0.2) is 35.6 Å². The molecule has 1 N–H and O–H groups in total. The molecule has 1 atom stereocenters. The van der Waals surface area contributed by atoms with E-state index in [0.717, 1.165) is 13.1 Å². The molecule has 0 aliphatic carbocycles. The monoisotopic (exact) mass is 227 g/mol. The lowest BCUT2D eigenvalue weighted by molar-refractivity contribution is -0.149. The minimum Gasteiger partial charge on any atom is -0.481 e. The zero-order valence-electron chi connectivity index (χ0n) is 11.0. The summed E-state index contributed by atoms with van der Waals surface area (Å²) in [5.41, 5.74) is -0.149. The van der Waals surface area contributed by atoms with Gasteiger partial charge in [0.25, 0.3) is 0 Å². The molecule has 3 nitrogen and oxygen atoms in total. The molecule has 0 saturated carbocycles. The van der Waals surface area contributed by atoms with Crippen molar-refractivity contribution in [3.8, 4) is 0 Å². The van der Waals surface area contributed by atoms with Crippen molar-refractivity contribution >= 4 is 5.97 Å². The normalized spacial score (nSPS) is 25.0. The maximum atomic E-state index is 11.2. The standard InChI is InChI=1S/C13H25NO2/c1-5-13(4,11(15)16)10-14-8-6-12(2,3)7-9-14/h5-10H2,1-4H3,(H,15,16). The number of carboxylic acid groups (broad SMARTS) is 1. The molecular formula is C13H25NO2. The second kappa shape index (κ2) is 4.74. The first-order chi connectivity index (χ1) is 7.29. The van der Waals surface area contributed by atoms with E-state index in [9.17, 15) is 9.90 Å². The van der Waals surface area contributed by atoms with Gasteiger partial charge in [0.1, 0.15) is 0 Å². The first kappa shape index (κ1) is 13.5. The number of likely N-dealkylation sites (tertiary alicyclic amines) is 1.